The van der Waals surface area contributed by atoms with E-state index in [4.69, 9.17) is 4.74 Å². The first kappa shape index (κ1) is 19.3. The molecule has 3 rings (SSSR count). The van der Waals surface area contributed by atoms with Crippen molar-refractivity contribution >= 4 is 21.5 Å². The van der Waals surface area contributed by atoms with E-state index in [0.717, 1.165) is 34.9 Å². The minimum atomic E-state index is -4.20. The summed E-state index contributed by atoms with van der Waals surface area (Å²) in [5.41, 5.74) is 2.98. The Morgan fingerprint density at radius 1 is 1.08 bits per heavy atom. The van der Waals surface area contributed by atoms with Crippen molar-refractivity contribution in [3.05, 3.63) is 48.0 Å². The Kier molecular flexibility index (Phi) is 6.33. The molecule has 0 saturated carbocycles. The molecular weight excluding hydrogens is 337 g/mol. The van der Waals surface area contributed by atoms with E-state index >= 15 is 0 Å². The third kappa shape index (κ3) is 4.13. The number of anilines is 2. The topological polar surface area (TPSA) is 69.7 Å². The van der Waals surface area contributed by atoms with Gasteiger partial charge >= 0.3 is 29.6 Å². The maximum absolute atomic E-state index is 10.9. The molecular formula is C17H18NNaO4S. The van der Waals surface area contributed by atoms with E-state index in [0.29, 0.717) is 6.54 Å². The van der Waals surface area contributed by atoms with Crippen LogP contribution in [-0.4, -0.2) is 25.3 Å². The summed E-state index contributed by atoms with van der Waals surface area (Å²) in [5, 5.41) is 0. The molecule has 0 bridgehead atoms. The van der Waals surface area contributed by atoms with Crippen LogP contribution in [0.4, 0.5) is 11.4 Å². The number of ether oxygens (including phenoxy) is 1. The van der Waals surface area contributed by atoms with Gasteiger partial charge in [-0.05, 0) is 36.6 Å². The molecule has 0 radical (unpaired) electrons. The van der Waals surface area contributed by atoms with E-state index in [1.807, 2.05) is 42.5 Å². The summed E-state index contributed by atoms with van der Waals surface area (Å²) in [6.45, 7) is 2.52. The fourth-order valence-corrected chi connectivity index (χ4v) is 3.36. The summed E-state index contributed by atoms with van der Waals surface area (Å²) >= 11 is 0. The molecule has 122 valence electrons. The van der Waals surface area contributed by atoms with Gasteiger partial charge in [-0.3, -0.25) is 0 Å². The van der Waals surface area contributed by atoms with Gasteiger partial charge in [0.05, 0.1) is 21.5 Å². The average Bonchev–Trinajstić information content (AvgIpc) is 2.52. The number of fused-ring (bicyclic) bond motifs is 2. The fraction of sp³-hybridized carbons (Fsp3) is 0.294. The number of hydrogen-bond donors (Lipinski definition) is 0. The molecule has 2 aromatic rings. The SMILES string of the molecule is CCc1cccc2c1N(CCCS(=O)(=O)[O-])c1ccccc1O2.[Na+]. The molecule has 0 spiro atoms. The van der Waals surface area contributed by atoms with Crippen LogP contribution in [0.5, 0.6) is 11.5 Å². The van der Waals surface area contributed by atoms with Gasteiger partial charge in [-0.2, -0.15) is 0 Å². The van der Waals surface area contributed by atoms with Crippen LogP contribution in [0.2, 0.25) is 0 Å². The van der Waals surface area contributed by atoms with Crippen LogP contribution in [0.25, 0.3) is 0 Å². The number of rotatable bonds is 5. The van der Waals surface area contributed by atoms with Gasteiger partial charge in [0, 0.05) is 12.3 Å². The van der Waals surface area contributed by atoms with Gasteiger partial charge in [0.2, 0.25) is 0 Å². The summed E-state index contributed by atoms with van der Waals surface area (Å²) in [6.07, 6.45) is 1.11. The number of benzene rings is 2. The van der Waals surface area contributed by atoms with Crippen molar-refractivity contribution in [1.29, 1.82) is 0 Å². The van der Waals surface area contributed by atoms with E-state index in [2.05, 4.69) is 11.8 Å². The summed E-state index contributed by atoms with van der Waals surface area (Å²) in [5.74, 6) is 1.13. The molecule has 1 heterocycles. The second-order valence-corrected chi connectivity index (χ2v) is 6.98. The van der Waals surface area contributed by atoms with E-state index in [1.54, 1.807) is 0 Å². The number of para-hydroxylation sites is 3. The Bertz CT molecular complexity index is 823. The first-order chi connectivity index (χ1) is 11.0. The van der Waals surface area contributed by atoms with Crippen molar-refractivity contribution in [1.82, 2.24) is 0 Å². The molecule has 0 aliphatic carbocycles. The molecule has 0 N–H and O–H groups in total. The Morgan fingerprint density at radius 3 is 2.50 bits per heavy atom. The molecule has 0 saturated heterocycles. The fourth-order valence-electron chi connectivity index (χ4n) is 2.88. The second kappa shape index (κ2) is 7.89. The molecule has 5 nitrogen and oxygen atoms in total. The minimum absolute atomic E-state index is 0. The van der Waals surface area contributed by atoms with Gasteiger partial charge in [-0.15, -0.1) is 0 Å². The van der Waals surface area contributed by atoms with Crippen LogP contribution in [0.15, 0.2) is 42.5 Å². The van der Waals surface area contributed by atoms with Gasteiger partial charge in [-0.25, -0.2) is 8.42 Å². The molecule has 0 aromatic heterocycles. The summed E-state index contributed by atoms with van der Waals surface area (Å²) in [7, 11) is -4.20. The van der Waals surface area contributed by atoms with Crippen LogP contribution in [0.1, 0.15) is 18.9 Å². The van der Waals surface area contributed by atoms with Crippen molar-refractivity contribution in [2.24, 2.45) is 0 Å². The second-order valence-electron chi connectivity index (χ2n) is 5.45. The predicted octanol–water partition coefficient (Wildman–Crippen LogP) is 0.432. The van der Waals surface area contributed by atoms with Crippen LogP contribution in [0.3, 0.4) is 0 Å². The first-order valence-electron chi connectivity index (χ1n) is 7.59. The van der Waals surface area contributed by atoms with Gasteiger partial charge in [0.25, 0.3) is 0 Å². The van der Waals surface area contributed by atoms with E-state index in [1.165, 1.54) is 0 Å². The Hall–Kier alpha value is -1.05. The summed E-state index contributed by atoms with van der Waals surface area (Å²) in [6, 6.07) is 13.5. The van der Waals surface area contributed by atoms with Crippen LogP contribution in [0, 0.1) is 0 Å². The average molecular weight is 355 g/mol. The van der Waals surface area contributed by atoms with Crippen molar-refractivity contribution < 1.29 is 47.3 Å². The maximum atomic E-state index is 10.9. The zero-order chi connectivity index (χ0) is 16.4. The standard InChI is InChI=1S/C17H19NO4S.Na/c1-2-13-7-5-10-16-17(13)18(11-6-12-23(19,20)21)14-8-3-4-9-15(14)22-16;/h3-5,7-10H,2,6,11-12H2,1H3,(H,19,20,21);/q;+1/p-1. The maximum Gasteiger partial charge on any atom is 1.00 e. The molecule has 0 atom stereocenters. The zero-order valence-corrected chi connectivity index (χ0v) is 16.7. The predicted molar refractivity (Wildman–Crippen MR) is 88.5 cm³/mol. The molecule has 24 heavy (non-hydrogen) atoms. The van der Waals surface area contributed by atoms with Gasteiger partial charge in [0.1, 0.15) is 0 Å². The Morgan fingerprint density at radius 2 is 1.79 bits per heavy atom. The third-order valence-corrected chi connectivity index (χ3v) is 4.67. The molecule has 0 amide bonds. The number of aryl methyl sites for hydroxylation is 1. The third-order valence-electron chi connectivity index (χ3n) is 3.89. The monoisotopic (exact) mass is 355 g/mol. The number of nitrogens with zero attached hydrogens (tertiary/aromatic N) is 1. The molecule has 2 aromatic carbocycles. The van der Waals surface area contributed by atoms with Crippen LogP contribution >= 0.6 is 0 Å². The first-order valence-corrected chi connectivity index (χ1v) is 9.17. The van der Waals surface area contributed by atoms with Crippen molar-refractivity contribution in [3.63, 3.8) is 0 Å². The molecule has 1 aliphatic rings. The van der Waals surface area contributed by atoms with E-state index in [9.17, 15) is 13.0 Å². The minimum Gasteiger partial charge on any atom is -0.748 e. The molecule has 7 heteroatoms. The quantitative estimate of drug-likeness (QED) is 0.575. The Balaban J connectivity index is 0.00000208. The van der Waals surface area contributed by atoms with Crippen molar-refractivity contribution in [3.8, 4) is 11.5 Å². The smallest absolute Gasteiger partial charge is 0.748 e. The molecule has 0 unspecified atom stereocenters. The number of hydrogen-bond acceptors (Lipinski definition) is 5. The largest absolute Gasteiger partial charge is 1.00 e. The van der Waals surface area contributed by atoms with E-state index < -0.39 is 10.1 Å². The van der Waals surface area contributed by atoms with E-state index in [-0.39, 0.29) is 41.7 Å². The normalized spacial score (nSPS) is 12.7. The van der Waals surface area contributed by atoms with Gasteiger partial charge in [0.15, 0.2) is 11.5 Å². The summed E-state index contributed by atoms with van der Waals surface area (Å²) < 4.78 is 38.6. The molecule has 0 fully saturated rings. The van der Waals surface area contributed by atoms with Gasteiger partial charge in [-0.1, -0.05) is 31.2 Å². The zero-order valence-electron chi connectivity index (χ0n) is 13.9. The molecule has 1 aliphatic heterocycles. The summed E-state index contributed by atoms with van der Waals surface area (Å²) in [4.78, 5) is 2.05. The van der Waals surface area contributed by atoms with Crippen molar-refractivity contribution in [2.75, 3.05) is 17.2 Å². The van der Waals surface area contributed by atoms with Crippen LogP contribution in [-0.2, 0) is 16.5 Å². The van der Waals surface area contributed by atoms with Crippen LogP contribution < -0.4 is 39.2 Å². The Labute approximate surface area is 164 Å². The van der Waals surface area contributed by atoms with Crippen molar-refractivity contribution in [2.45, 2.75) is 19.8 Å². The van der Waals surface area contributed by atoms with Gasteiger partial charge < -0.3 is 14.2 Å².